The Hall–Kier alpha value is -0.870. The molecule has 92 valence electrons. The molecule has 0 saturated heterocycles. The van der Waals surface area contributed by atoms with Crippen molar-refractivity contribution in [3.8, 4) is 0 Å². The molecular formula is C12H21NO3. The Morgan fingerprint density at radius 2 is 2.31 bits per heavy atom. The minimum atomic E-state index is -0.273. The lowest BCUT2D eigenvalue weighted by molar-refractivity contribution is -0.137. The van der Waals surface area contributed by atoms with Crippen LogP contribution in [0.5, 0.6) is 0 Å². The van der Waals surface area contributed by atoms with Crippen molar-refractivity contribution >= 4 is 5.97 Å². The highest BCUT2D eigenvalue weighted by atomic mass is 16.5. The Bertz CT molecular complexity index is 240. The van der Waals surface area contributed by atoms with Crippen LogP contribution in [0, 0.1) is 0 Å². The maximum Gasteiger partial charge on any atom is 0.330 e. The molecule has 0 aromatic carbocycles. The third-order valence-electron chi connectivity index (χ3n) is 2.78. The molecule has 1 fully saturated rings. The van der Waals surface area contributed by atoms with Gasteiger partial charge in [0, 0.05) is 25.8 Å². The van der Waals surface area contributed by atoms with E-state index in [-0.39, 0.29) is 5.97 Å². The molecule has 0 aromatic heterocycles. The molecule has 2 atom stereocenters. The third-order valence-corrected chi connectivity index (χ3v) is 2.78. The molecular weight excluding hydrogens is 206 g/mol. The molecule has 0 bridgehead atoms. The number of hydrogen-bond donors (Lipinski definition) is 1. The Labute approximate surface area is 97.0 Å². The number of carbonyl (C=O) groups excluding carboxylic acids is 1. The minimum absolute atomic E-state index is 0.273. The van der Waals surface area contributed by atoms with E-state index in [1.165, 1.54) is 6.08 Å². The normalized spacial score (nSPS) is 25.1. The van der Waals surface area contributed by atoms with Crippen LogP contribution >= 0.6 is 0 Å². The number of methoxy groups -OCH3 is 1. The van der Waals surface area contributed by atoms with E-state index in [9.17, 15) is 4.79 Å². The summed E-state index contributed by atoms with van der Waals surface area (Å²) in [5.41, 5.74) is 0. The third kappa shape index (κ3) is 4.77. The first kappa shape index (κ1) is 13.2. The van der Waals surface area contributed by atoms with Crippen LogP contribution in [0.3, 0.4) is 0 Å². The van der Waals surface area contributed by atoms with Crippen molar-refractivity contribution in [2.24, 2.45) is 0 Å². The van der Waals surface area contributed by atoms with Gasteiger partial charge in [-0.2, -0.15) is 0 Å². The highest BCUT2D eigenvalue weighted by Gasteiger charge is 2.23. The van der Waals surface area contributed by atoms with Crippen LogP contribution in [-0.2, 0) is 14.3 Å². The molecule has 1 N–H and O–H groups in total. The fourth-order valence-corrected chi connectivity index (χ4v) is 1.92. The van der Waals surface area contributed by atoms with Gasteiger partial charge in [0.05, 0.1) is 12.7 Å². The van der Waals surface area contributed by atoms with Crippen LogP contribution in [-0.4, -0.2) is 38.4 Å². The molecule has 1 rings (SSSR count). The molecule has 16 heavy (non-hydrogen) atoms. The second-order valence-corrected chi connectivity index (χ2v) is 3.93. The number of esters is 1. The van der Waals surface area contributed by atoms with Crippen molar-refractivity contribution in [1.29, 1.82) is 0 Å². The standard InChI is InChI=1S/C12H21NO3/c1-3-16-12(14)5-4-8-13-10-6-7-11(9-10)15-2/h4-5,10-11,13H,3,6-9H2,1-2H3/b5-4+. The molecule has 2 unspecified atom stereocenters. The van der Waals surface area contributed by atoms with Crippen molar-refractivity contribution < 1.29 is 14.3 Å². The minimum Gasteiger partial charge on any atom is -0.463 e. The molecule has 0 spiro atoms. The quantitative estimate of drug-likeness (QED) is 0.548. The molecule has 4 heteroatoms. The predicted octanol–water partition coefficient (Wildman–Crippen LogP) is 1.26. The van der Waals surface area contributed by atoms with Crippen LogP contribution in [0.1, 0.15) is 26.2 Å². The lowest BCUT2D eigenvalue weighted by atomic mass is 10.2. The summed E-state index contributed by atoms with van der Waals surface area (Å²) in [5, 5.41) is 3.37. The summed E-state index contributed by atoms with van der Waals surface area (Å²) < 4.78 is 10.1. The molecule has 0 aliphatic heterocycles. The molecule has 0 aromatic rings. The van der Waals surface area contributed by atoms with Gasteiger partial charge in [0.15, 0.2) is 0 Å². The van der Waals surface area contributed by atoms with Gasteiger partial charge in [-0.15, -0.1) is 0 Å². The fourth-order valence-electron chi connectivity index (χ4n) is 1.92. The van der Waals surface area contributed by atoms with Gasteiger partial charge in [-0.25, -0.2) is 4.79 Å². The van der Waals surface area contributed by atoms with Crippen LogP contribution in [0.15, 0.2) is 12.2 Å². The van der Waals surface area contributed by atoms with Gasteiger partial charge in [-0.3, -0.25) is 0 Å². The second-order valence-electron chi connectivity index (χ2n) is 3.93. The van der Waals surface area contributed by atoms with Crippen LogP contribution in [0.25, 0.3) is 0 Å². The second kappa shape index (κ2) is 7.41. The largest absolute Gasteiger partial charge is 0.463 e. The van der Waals surface area contributed by atoms with E-state index in [0.29, 0.717) is 25.3 Å². The summed E-state index contributed by atoms with van der Waals surface area (Å²) >= 11 is 0. The maximum absolute atomic E-state index is 11.0. The summed E-state index contributed by atoms with van der Waals surface area (Å²) in [5.74, 6) is -0.273. The zero-order valence-corrected chi connectivity index (χ0v) is 10.1. The number of rotatable bonds is 6. The monoisotopic (exact) mass is 227 g/mol. The summed E-state index contributed by atoms with van der Waals surface area (Å²) in [4.78, 5) is 11.0. The van der Waals surface area contributed by atoms with E-state index in [0.717, 1.165) is 19.3 Å². The van der Waals surface area contributed by atoms with Crippen molar-refractivity contribution in [2.45, 2.75) is 38.3 Å². The van der Waals surface area contributed by atoms with Crippen molar-refractivity contribution in [1.82, 2.24) is 5.32 Å². The first-order valence-electron chi connectivity index (χ1n) is 5.85. The average molecular weight is 227 g/mol. The molecule has 1 saturated carbocycles. The SMILES string of the molecule is CCOC(=O)/C=C/CNC1CCC(OC)C1. The number of nitrogens with one attached hydrogen (secondary N) is 1. The molecule has 1 aliphatic carbocycles. The Morgan fingerprint density at radius 1 is 1.50 bits per heavy atom. The smallest absolute Gasteiger partial charge is 0.330 e. The zero-order chi connectivity index (χ0) is 11.8. The Morgan fingerprint density at radius 3 is 2.94 bits per heavy atom. The molecule has 0 amide bonds. The van der Waals surface area contributed by atoms with E-state index in [4.69, 9.17) is 9.47 Å². The van der Waals surface area contributed by atoms with Crippen LogP contribution in [0.4, 0.5) is 0 Å². The van der Waals surface area contributed by atoms with Crippen molar-refractivity contribution in [3.63, 3.8) is 0 Å². The van der Waals surface area contributed by atoms with Crippen molar-refractivity contribution in [3.05, 3.63) is 12.2 Å². The lowest BCUT2D eigenvalue weighted by Gasteiger charge is -2.10. The Kier molecular flexibility index (Phi) is 6.11. The zero-order valence-electron chi connectivity index (χ0n) is 10.1. The summed E-state index contributed by atoms with van der Waals surface area (Å²) in [6.45, 7) is 2.93. The van der Waals surface area contributed by atoms with E-state index in [1.54, 1.807) is 20.1 Å². The number of carbonyl (C=O) groups is 1. The number of ether oxygens (including phenoxy) is 2. The van der Waals surface area contributed by atoms with E-state index >= 15 is 0 Å². The molecule has 0 heterocycles. The summed E-state index contributed by atoms with van der Waals surface area (Å²) in [7, 11) is 1.76. The maximum atomic E-state index is 11.0. The molecule has 1 aliphatic rings. The van der Waals surface area contributed by atoms with Gasteiger partial charge in [0.2, 0.25) is 0 Å². The first-order valence-corrected chi connectivity index (χ1v) is 5.85. The highest BCUT2D eigenvalue weighted by Crippen LogP contribution is 2.20. The van der Waals surface area contributed by atoms with Crippen LogP contribution in [0.2, 0.25) is 0 Å². The average Bonchev–Trinajstić information content (AvgIpc) is 2.73. The van der Waals surface area contributed by atoms with Gasteiger partial charge >= 0.3 is 5.97 Å². The fraction of sp³-hybridized carbons (Fsp3) is 0.750. The summed E-state index contributed by atoms with van der Waals surface area (Å²) in [6, 6.07) is 0.511. The lowest BCUT2D eigenvalue weighted by Crippen LogP contribution is -2.27. The van der Waals surface area contributed by atoms with Gasteiger partial charge in [0.1, 0.15) is 0 Å². The van der Waals surface area contributed by atoms with E-state index < -0.39 is 0 Å². The van der Waals surface area contributed by atoms with E-state index in [2.05, 4.69) is 5.32 Å². The van der Waals surface area contributed by atoms with Gasteiger partial charge < -0.3 is 14.8 Å². The van der Waals surface area contributed by atoms with Crippen LogP contribution < -0.4 is 5.32 Å². The molecule has 4 nitrogen and oxygen atoms in total. The highest BCUT2D eigenvalue weighted by molar-refractivity contribution is 5.81. The van der Waals surface area contributed by atoms with E-state index in [1.807, 2.05) is 0 Å². The topological polar surface area (TPSA) is 47.6 Å². The van der Waals surface area contributed by atoms with Gasteiger partial charge in [-0.1, -0.05) is 6.08 Å². The van der Waals surface area contributed by atoms with Crippen molar-refractivity contribution in [2.75, 3.05) is 20.3 Å². The summed E-state index contributed by atoms with van der Waals surface area (Å²) in [6.07, 6.45) is 6.99. The van der Waals surface area contributed by atoms with Gasteiger partial charge in [-0.05, 0) is 26.2 Å². The van der Waals surface area contributed by atoms with Gasteiger partial charge in [0.25, 0.3) is 0 Å². The predicted molar refractivity (Wildman–Crippen MR) is 62.2 cm³/mol. The molecule has 0 radical (unpaired) electrons. The Balaban J connectivity index is 2.09. The first-order chi connectivity index (χ1) is 7.76. The number of hydrogen-bond acceptors (Lipinski definition) is 4.